The average Bonchev–Trinajstić information content (AvgIpc) is 3.34. The van der Waals surface area contributed by atoms with Crippen LogP contribution in [0.5, 0.6) is 0 Å². The molecule has 8 nitrogen and oxygen atoms in total. The van der Waals surface area contributed by atoms with Crippen LogP contribution >= 0.6 is 0 Å². The third-order valence-corrected chi connectivity index (χ3v) is 10.5. The molecule has 0 aliphatic carbocycles. The van der Waals surface area contributed by atoms with Gasteiger partial charge in [-0.05, 0) is 61.4 Å². The molecule has 3 aromatic rings. The number of anilines is 1. The van der Waals surface area contributed by atoms with Gasteiger partial charge in [-0.3, -0.25) is 9.10 Å². The van der Waals surface area contributed by atoms with E-state index in [2.05, 4.69) is 0 Å². The summed E-state index contributed by atoms with van der Waals surface area (Å²) in [6.45, 7) is 3.20. The Hall–Kier alpha value is -3.21. The molecular formula is C26H27N3O5S2. The quantitative estimate of drug-likeness (QED) is 0.511. The lowest BCUT2D eigenvalue weighted by molar-refractivity contribution is 0.0698. The third kappa shape index (κ3) is 4.40. The molecule has 10 heteroatoms. The van der Waals surface area contributed by atoms with Crippen molar-refractivity contribution < 1.29 is 21.6 Å². The summed E-state index contributed by atoms with van der Waals surface area (Å²) < 4.78 is 55.1. The SMILES string of the molecule is Cc1ccc(S(=O)(=O)N2CCN(C(=O)c3ccc(S(=O)(=O)N4CCc5ccccc54)cc3)CC2)cc1. The van der Waals surface area contributed by atoms with E-state index < -0.39 is 20.0 Å². The van der Waals surface area contributed by atoms with Gasteiger partial charge < -0.3 is 4.90 Å². The number of amides is 1. The first-order valence-electron chi connectivity index (χ1n) is 11.7. The van der Waals surface area contributed by atoms with Gasteiger partial charge in [0.2, 0.25) is 10.0 Å². The molecule has 0 unspecified atom stereocenters. The Bertz CT molecular complexity index is 1490. The molecule has 2 aliphatic rings. The van der Waals surface area contributed by atoms with Crippen molar-refractivity contribution in [3.05, 3.63) is 89.5 Å². The van der Waals surface area contributed by atoms with Crippen molar-refractivity contribution in [3.8, 4) is 0 Å². The number of fused-ring (bicyclic) bond motifs is 1. The zero-order valence-corrected chi connectivity index (χ0v) is 21.5. The summed E-state index contributed by atoms with van der Waals surface area (Å²) in [6.07, 6.45) is 0.664. The number of benzene rings is 3. The van der Waals surface area contributed by atoms with Gasteiger partial charge in [0, 0.05) is 38.3 Å². The third-order valence-electron chi connectivity index (χ3n) is 6.72. The summed E-state index contributed by atoms with van der Waals surface area (Å²) in [6, 6.07) is 20.1. The number of carbonyl (C=O) groups excluding carboxylic acids is 1. The Morgan fingerprint density at radius 2 is 1.28 bits per heavy atom. The van der Waals surface area contributed by atoms with Crippen LogP contribution in [0.3, 0.4) is 0 Å². The number of aryl methyl sites for hydroxylation is 1. The maximum Gasteiger partial charge on any atom is 0.264 e. The number of sulfonamides is 2. The molecule has 1 saturated heterocycles. The molecule has 0 N–H and O–H groups in total. The fourth-order valence-corrected chi connectivity index (χ4v) is 7.55. The monoisotopic (exact) mass is 525 g/mol. The first kappa shape index (κ1) is 24.5. The van der Waals surface area contributed by atoms with Crippen LogP contribution in [0.2, 0.25) is 0 Å². The predicted molar refractivity (Wildman–Crippen MR) is 137 cm³/mol. The van der Waals surface area contributed by atoms with Crippen LogP contribution in [0.25, 0.3) is 0 Å². The molecule has 0 aromatic heterocycles. The Morgan fingerprint density at radius 3 is 1.94 bits per heavy atom. The number of para-hydroxylation sites is 1. The number of piperazine rings is 1. The minimum atomic E-state index is -3.74. The van der Waals surface area contributed by atoms with Gasteiger partial charge in [0.1, 0.15) is 0 Å². The van der Waals surface area contributed by atoms with Crippen molar-refractivity contribution in [3.63, 3.8) is 0 Å². The van der Waals surface area contributed by atoms with E-state index >= 15 is 0 Å². The molecule has 0 atom stereocenters. The van der Waals surface area contributed by atoms with Gasteiger partial charge in [0.25, 0.3) is 15.9 Å². The number of nitrogens with zero attached hydrogens (tertiary/aromatic N) is 3. The summed E-state index contributed by atoms with van der Waals surface area (Å²) in [4.78, 5) is 15.0. The first-order valence-corrected chi connectivity index (χ1v) is 14.6. The van der Waals surface area contributed by atoms with Gasteiger partial charge in [-0.1, -0.05) is 35.9 Å². The van der Waals surface area contributed by atoms with Crippen LogP contribution in [0.4, 0.5) is 5.69 Å². The number of rotatable bonds is 5. The van der Waals surface area contributed by atoms with Crippen molar-refractivity contribution in [1.82, 2.24) is 9.21 Å². The van der Waals surface area contributed by atoms with Crippen LogP contribution in [-0.4, -0.2) is 64.7 Å². The van der Waals surface area contributed by atoms with Crippen LogP contribution in [0.1, 0.15) is 21.5 Å². The highest BCUT2D eigenvalue weighted by Crippen LogP contribution is 2.32. The van der Waals surface area contributed by atoms with Crippen molar-refractivity contribution >= 4 is 31.6 Å². The summed E-state index contributed by atoms with van der Waals surface area (Å²) in [5.41, 5.74) is 3.03. The maximum atomic E-state index is 13.2. The fraction of sp³-hybridized carbons (Fsp3) is 0.269. The molecule has 5 rings (SSSR count). The summed E-state index contributed by atoms with van der Waals surface area (Å²) >= 11 is 0. The van der Waals surface area contributed by atoms with Gasteiger partial charge in [0.15, 0.2) is 0 Å². The highest BCUT2D eigenvalue weighted by Gasteiger charge is 2.32. The predicted octanol–water partition coefficient (Wildman–Crippen LogP) is 2.89. The molecule has 2 heterocycles. The van der Waals surface area contributed by atoms with E-state index in [0.717, 1.165) is 11.1 Å². The topological polar surface area (TPSA) is 95.1 Å². The summed E-state index contributed by atoms with van der Waals surface area (Å²) in [5.74, 6) is -0.252. The Morgan fingerprint density at radius 1 is 0.694 bits per heavy atom. The minimum Gasteiger partial charge on any atom is -0.336 e. The van der Waals surface area contributed by atoms with Gasteiger partial charge >= 0.3 is 0 Å². The van der Waals surface area contributed by atoms with Crippen molar-refractivity contribution in [2.24, 2.45) is 0 Å². The van der Waals surface area contributed by atoms with Crippen LogP contribution < -0.4 is 4.31 Å². The highest BCUT2D eigenvalue weighted by atomic mass is 32.2. The largest absolute Gasteiger partial charge is 0.336 e. The second kappa shape index (κ2) is 9.34. The fourth-order valence-electron chi connectivity index (χ4n) is 4.63. The number of carbonyl (C=O) groups is 1. The zero-order chi connectivity index (χ0) is 25.5. The Kier molecular flexibility index (Phi) is 6.36. The van der Waals surface area contributed by atoms with Crippen molar-refractivity contribution in [2.45, 2.75) is 23.1 Å². The average molecular weight is 526 g/mol. The second-order valence-corrected chi connectivity index (χ2v) is 12.8. The highest BCUT2D eigenvalue weighted by molar-refractivity contribution is 7.92. The van der Waals surface area contributed by atoms with E-state index in [1.807, 2.05) is 25.1 Å². The van der Waals surface area contributed by atoms with Gasteiger partial charge in [-0.2, -0.15) is 4.31 Å². The molecule has 0 radical (unpaired) electrons. The van der Waals surface area contributed by atoms with Gasteiger partial charge in [-0.25, -0.2) is 16.8 Å². The lowest BCUT2D eigenvalue weighted by Gasteiger charge is -2.34. The molecule has 36 heavy (non-hydrogen) atoms. The smallest absolute Gasteiger partial charge is 0.264 e. The van der Waals surface area contributed by atoms with Gasteiger partial charge in [0.05, 0.1) is 15.5 Å². The lowest BCUT2D eigenvalue weighted by atomic mass is 10.2. The van der Waals surface area contributed by atoms with E-state index in [1.54, 1.807) is 35.2 Å². The lowest BCUT2D eigenvalue weighted by Crippen LogP contribution is -2.50. The molecule has 188 valence electrons. The van der Waals surface area contributed by atoms with Crippen molar-refractivity contribution in [1.29, 1.82) is 0 Å². The van der Waals surface area contributed by atoms with Gasteiger partial charge in [-0.15, -0.1) is 0 Å². The van der Waals surface area contributed by atoms with Crippen LogP contribution in [0.15, 0.2) is 82.6 Å². The Balaban J connectivity index is 1.26. The molecule has 2 aliphatic heterocycles. The summed E-state index contributed by atoms with van der Waals surface area (Å²) in [5, 5.41) is 0. The molecule has 0 bridgehead atoms. The van der Waals surface area contributed by atoms with Crippen LogP contribution in [-0.2, 0) is 26.5 Å². The van der Waals surface area contributed by atoms with E-state index in [9.17, 15) is 21.6 Å². The van der Waals surface area contributed by atoms with E-state index in [-0.39, 0.29) is 41.9 Å². The molecule has 3 aromatic carbocycles. The van der Waals surface area contributed by atoms with E-state index in [0.29, 0.717) is 24.2 Å². The second-order valence-electron chi connectivity index (χ2n) is 8.99. The zero-order valence-electron chi connectivity index (χ0n) is 19.9. The van der Waals surface area contributed by atoms with Crippen LogP contribution in [0, 0.1) is 6.92 Å². The molecular weight excluding hydrogens is 498 g/mol. The van der Waals surface area contributed by atoms with E-state index in [1.165, 1.54) is 32.9 Å². The number of hydrogen-bond acceptors (Lipinski definition) is 5. The maximum absolute atomic E-state index is 13.2. The minimum absolute atomic E-state index is 0.129. The number of hydrogen-bond donors (Lipinski definition) is 0. The van der Waals surface area contributed by atoms with E-state index in [4.69, 9.17) is 0 Å². The normalized spacial score (nSPS) is 16.7. The summed E-state index contributed by atoms with van der Waals surface area (Å²) in [7, 11) is -7.36. The standard InChI is InChI=1S/C26H27N3O5S2/c1-20-6-10-23(11-7-20)35(31,32)28-18-16-27(17-19-28)26(30)22-8-12-24(13-9-22)36(33,34)29-15-14-21-4-2-3-5-25(21)29/h2-13H,14-19H2,1H3. The Labute approximate surface area is 211 Å². The molecule has 1 fully saturated rings. The molecule has 0 saturated carbocycles. The van der Waals surface area contributed by atoms with Crippen molar-refractivity contribution in [2.75, 3.05) is 37.0 Å². The first-order chi connectivity index (χ1) is 17.2. The molecule has 0 spiro atoms. The molecule has 1 amide bonds.